The predicted molar refractivity (Wildman–Crippen MR) is 118 cm³/mol. The molecule has 1 amide bonds. The van der Waals surface area contributed by atoms with Crippen LogP contribution in [0.15, 0.2) is 47.4 Å². The van der Waals surface area contributed by atoms with Crippen molar-refractivity contribution in [2.45, 2.75) is 0 Å². The highest BCUT2D eigenvalue weighted by atomic mass is 32.2. The predicted octanol–water partition coefficient (Wildman–Crippen LogP) is 3.99. The fourth-order valence-electron chi connectivity index (χ4n) is 2.59. The number of thioether (sulfide) groups is 1. The number of rotatable bonds is 8. The second-order valence-electron chi connectivity index (χ2n) is 6.03. The molecule has 8 heteroatoms. The smallest absolute Gasteiger partial charge is 0.265 e. The number of thiocarbonyl (C=S) groups is 1. The zero-order valence-corrected chi connectivity index (χ0v) is 18.0. The highest BCUT2D eigenvalue weighted by Gasteiger charge is 2.28. The van der Waals surface area contributed by atoms with E-state index in [1.54, 1.807) is 27.3 Å². The van der Waals surface area contributed by atoms with Crippen LogP contribution in [-0.4, -0.2) is 49.6 Å². The summed E-state index contributed by atoms with van der Waals surface area (Å²) in [6, 6.07) is 12.9. The molecule has 0 bridgehead atoms. The van der Waals surface area contributed by atoms with Crippen molar-refractivity contribution in [2.24, 2.45) is 0 Å². The van der Waals surface area contributed by atoms with Gasteiger partial charge in [-0.25, -0.2) is 0 Å². The van der Waals surface area contributed by atoms with Crippen LogP contribution >= 0.6 is 24.0 Å². The van der Waals surface area contributed by atoms with Gasteiger partial charge < -0.3 is 18.9 Å². The van der Waals surface area contributed by atoms with E-state index in [0.29, 0.717) is 39.7 Å². The Morgan fingerprint density at radius 2 is 1.76 bits per heavy atom. The number of amides is 1. The molecular weight excluding hydrogens is 410 g/mol. The van der Waals surface area contributed by atoms with Crippen molar-refractivity contribution in [3.05, 3.63) is 52.9 Å². The lowest BCUT2D eigenvalue weighted by molar-refractivity contribution is -0.121. The number of nitrogens with zero attached hydrogens (tertiary/aromatic N) is 1. The van der Waals surface area contributed by atoms with Gasteiger partial charge in [0, 0.05) is 13.1 Å². The van der Waals surface area contributed by atoms with E-state index in [1.165, 1.54) is 16.7 Å². The van der Waals surface area contributed by atoms with E-state index < -0.39 is 0 Å². The maximum Gasteiger partial charge on any atom is 0.265 e. The number of carbonyl (C=O) groups is 1. The van der Waals surface area contributed by atoms with E-state index in [4.69, 9.17) is 31.2 Å². The summed E-state index contributed by atoms with van der Waals surface area (Å²) < 4.78 is 22.6. The van der Waals surface area contributed by atoms with Gasteiger partial charge in [-0.2, -0.15) is 0 Å². The molecule has 0 aromatic heterocycles. The molecule has 0 saturated carbocycles. The lowest BCUT2D eigenvalue weighted by Crippen LogP contribution is -2.22. The van der Waals surface area contributed by atoms with E-state index in [2.05, 4.69) is 0 Å². The zero-order chi connectivity index (χ0) is 20.8. The van der Waals surface area contributed by atoms with Gasteiger partial charge in [0.25, 0.3) is 5.91 Å². The lowest BCUT2D eigenvalue weighted by Gasteiger charge is -2.12. The van der Waals surface area contributed by atoms with E-state index in [0.717, 1.165) is 11.3 Å². The second kappa shape index (κ2) is 9.67. The Kier molecular flexibility index (Phi) is 7.00. The summed E-state index contributed by atoms with van der Waals surface area (Å²) in [6.45, 7) is 0.721. The molecule has 1 aliphatic heterocycles. The Hall–Kier alpha value is -2.71. The zero-order valence-electron chi connectivity index (χ0n) is 16.3. The summed E-state index contributed by atoms with van der Waals surface area (Å²) >= 11 is 6.44. The summed E-state index contributed by atoms with van der Waals surface area (Å²) in [4.78, 5) is 14.2. The highest BCUT2D eigenvalue weighted by Crippen LogP contribution is 2.34. The Bertz CT molecular complexity index is 944. The number of hydrogen-bond acceptors (Lipinski definition) is 7. The van der Waals surface area contributed by atoms with Crippen LogP contribution in [0.25, 0.3) is 6.08 Å². The van der Waals surface area contributed by atoms with Gasteiger partial charge in [0.2, 0.25) is 0 Å². The summed E-state index contributed by atoms with van der Waals surface area (Å²) in [7, 11) is 4.86. The molecule has 0 spiro atoms. The van der Waals surface area contributed by atoms with E-state index >= 15 is 0 Å². The lowest BCUT2D eigenvalue weighted by atomic mass is 10.2. The molecule has 1 fully saturated rings. The molecule has 2 aromatic carbocycles. The van der Waals surface area contributed by atoms with E-state index in [9.17, 15) is 4.79 Å². The Morgan fingerprint density at radius 3 is 2.45 bits per heavy atom. The molecule has 0 aliphatic carbocycles. The van der Waals surface area contributed by atoms with Crippen molar-refractivity contribution in [3.63, 3.8) is 0 Å². The van der Waals surface area contributed by atoms with Gasteiger partial charge in [0.1, 0.15) is 29.0 Å². The van der Waals surface area contributed by atoms with Gasteiger partial charge in [0.05, 0.1) is 19.1 Å². The number of methoxy groups -OCH3 is 2. The molecule has 0 unspecified atom stereocenters. The van der Waals surface area contributed by atoms with Crippen molar-refractivity contribution in [3.8, 4) is 23.0 Å². The summed E-state index contributed by atoms with van der Waals surface area (Å²) in [5.74, 6) is 2.52. The number of benzene rings is 2. The second-order valence-corrected chi connectivity index (χ2v) is 7.70. The first-order valence-electron chi connectivity index (χ1n) is 8.81. The quantitative estimate of drug-likeness (QED) is 0.356. The van der Waals surface area contributed by atoms with Crippen LogP contribution in [-0.2, 0) is 4.79 Å². The minimum Gasteiger partial charge on any atom is -0.497 e. The largest absolute Gasteiger partial charge is 0.497 e. The molecule has 1 saturated heterocycles. The van der Waals surface area contributed by atoms with Gasteiger partial charge >= 0.3 is 0 Å². The maximum atomic E-state index is 12.1. The third-order valence-electron chi connectivity index (χ3n) is 4.12. The van der Waals surface area contributed by atoms with Gasteiger partial charge in [0.15, 0.2) is 11.5 Å². The number of carbonyl (C=O) groups excluding carboxylic acids is 1. The SMILES string of the molecule is COc1cccc(OCCOc2ccc(/C=C3\SC(=S)N(C)C3=O)cc2OC)c1. The first-order chi connectivity index (χ1) is 14.0. The molecule has 1 aliphatic rings. The number of ether oxygens (including phenoxy) is 4. The van der Waals surface area contributed by atoms with Crippen LogP contribution in [0.3, 0.4) is 0 Å². The van der Waals surface area contributed by atoms with Crippen LogP contribution in [0.1, 0.15) is 5.56 Å². The van der Waals surface area contributed by atoms with E-state index in [1.807, 2.05) is 42.5 Å². The van der Waals surface area contributed by atoms with Gasteiger partial charge in [-0.1, -0.05) is 36.1 Å². The summed E-state index contributed by atoms with van der Waals surface area (Å²) in [5, 5.41) is 0. The third kappa shape index (κ3) is 5.21. The molecule has 1 heterocycles. The van der Waals surface area contributed by atoms with Crippen LogP contribution in [0.4, 0.5) is 0 Å². The Labute approximate surface area is 179 Å². The molecule has 2 aromatic rings. The molecule has 6 nitrogen and oxygen atoms in total. The molecule has 0 radical (unpaired) electrons. The molecular formula is C21H21NO5S2. The van der Waals surface area contributed by atoms with Crippen molar-refractivity contribution < 1.29 is 23.7 Å². The minimum atomic E-state index is -0.103. The van der Waals surface area contributed by atoms with Crippen LogP contribution in [0.5, 0.6) is 23.0 Å². The molecule has 3 rings (SSSR count). The van der Waals surface area contributed by atoms with Crippen LogP contribution in [0, 0.1) is 0 Å². The first-order valence-corrected chi connectivity index (χ1v) is 10.0. The number of likely N-dealkylation sites (N-methyl/N-ethyl adjacent to an activating group) is 1. The molecule has 0 N–H and O–H groups in total. The van der Waals surface area contributed by atoms with E-state index in [-0.39, 0.29) is 5.91 Å². The van der Waals surface area contributed by atoms with Crippen LogP contribution in [0.2, 0.25) is 0 Å². The van der Waals surface area contributed by atoms with Gasteiger partial charge in [-0.05, 0) is 35.9 Å². The molecule has 0 atom stereocenters. The Balaban J connectivity index is 1.60. The fraction of sp³-hybridized carbons (Fsp3) is 0.238. The van der Waals surface area contributed by atoms with Crippen molar-refractivity contribution >= 4 is 40.3 Å². The van der Waals surface area contributed by atoms with Crippen molar-refractivity contribution in [1.29, 1.82) is 0 Å². The first kappa shape index (κ1) is 21.0. The van der Waals surface area contributed by atoms with Crippen molar-refractivity contribution in [2.75, 3.05) is 34.5 Å². The summed E-state index contributed by atoms with van der Waals surface area (Å²) in [6.07, 6.45) is 1.79. The topological polar surface area (TPSA) is 57.2 Å². The fourth-order valence-corrected chi connectivity index (χ4v) is 3.77. The van der Waals surface area contributed by atoms with Crippen molar-refractivity contribution in [1.82, 2.24) is 4.90 Å². The molecule has 29 heavy (non-hydrogen) atoms. The van der Waals surface area contributed by atoms with Gasteiger partial charge in [-0.3, -0.25) is 9.69 Å². The monoisotopic (exact) mass is 431 g/mol. The average molecular weight is 432 g/mol. The minimum absolute atomic E-state index is 0.103. The average Bonchev–Trinajstić information content (AvgIpc) is 2.98. The van der Waals surface area contributed by atoms with Crippen LogP contribution < -0.4 is 18.9 Å². The third-order valence-corrected chi connectivity index (χ3v) is 5.61. The number of hydrogen-bond donors (Lipinski definition) is 0. The highest BCUT2D eigenvalue weighted by molar-refractivity contribution is 8.26. The maximum absolute atomic E-state index is 12.1. The van der Waals surface area contributed by atoms with Gasteiger partial charge in [-0.15, -0.1) is 0 Å². The Morgan fingerprint density at radius 1 is 1.00 bits per heavy atom. The standard InChI is InChI=1S/C21H21NO5S2/c1-22-20(23)19(29-21(22)28)12-14-7-8-17(18(11-14)25-3)27-10-9-26-16-6-4-5-15(13-16)24-2/h4-8,11-13H,9-10H2,1-3H3/b19-12-. The summed E-state index contributed by atoms with van der Waals surface area (Å²) in [5.41, 5.74) is 0.829. The molecule has 152 valence electrons. The normalized spacial score (nSPS) is 15.0.